The molecule has 0 spiro atoms. The second-order valence-electron chi connectivity index (χ2n) is 10.8. The van der Waals surface area contributed by atoms with Gasteiger partial charge in [0, 0.05) is 32.2 Å². The molecule has 1 saturated heterocycles. The number of anilines is 2. The summed E-state index contributed by atoms with van der Waals surface area (Å²) in [6, 6.07) is 8.80. The van der Waals surface area contributed by atoms with Crippen LogP contribution in [0.4, 0.5) is 11.6 Å². The Morgan fingerprint density at radius 1 is 1.24 bits per heavy atom. The number of aryl methyl sites for hydroxylation is 1. The summed E-state index contributed by atoms with van der Waals surface area (Å²) in [7, 11) is 5.14. The summed E-state index contributed by atoms with van der Waals surface area (Å²) in [6.45, 7) is 7.15. The number of nitrogens with zero attached hydrogens (tertiary/aromatic N) is 4. The molecular formula is C30H33ClN6O5. The maximum absolute atomic E-state index is 13.2. The summed E-state index contributed by atoms with van der Waals surface area (Å²) in [6.07, 6.45) is 1.83. The first-order chi connectivity index (χ1) is 20.0. The number of hydrogen-bond donors (Lipinski definition) is 2. The first-order valence-electron chi connectivity index (χ1n) is 13.5. The standard InChI is InChI=1S/C30H33ClN6O5/c1-16-12-21(23(40-5)13-17(16)26(38)33-20-10-11-37(4)15-24(20)41-6)34-29-32-14-19(31)28(35-29)42-22-9-7-8-18-25(22)27(39)36-30(18,2)3/h7-9,12-14,24H,10-11,15H2,1-6H3,(H,36,39)(H,32,34,35)/b33-20-/t24-/m1/s1. The number of carbonyl (C=O) groups is 2. The van der Waals surface area contributed by atoms with Crippen LogP contribution in [0.15, 0.2) is 41.5 Å². The number of carbonyl (C=O) groups excluding carboxylic acids is 2. The highest BCUT2D eigenvalue weighted by atomic mass is 35.5. The lowest BCUT2D eigenvalue weighted by atomic mass is 9.94. The lowest BCUT2D eigenvalue weighted by Crippen LogP contribution is -2.43. The Hall–Kier alpha value is -4.06. The number of rotatable bonds is 7. The van der Waals surface area contributed by atoms with Crippen LogP contribution in [0.5, 0.6) is 17.4 Å². The zero-order valence-corrected chi connectivity index (χ0v) is 25.1. The number of likely N-dealkylation sites (N-methyl/N-ethyl adjacent to an activating group) is 1. The normalized spacial score (nSPS) is 18.9. The maximum atomic E-state index is 13.2. The Morgan fingerprint density at radius 3 is 2.76 bits per heavy atom. The zero-order chi connectivity index (χ0) is 30.2. The Morgan fingerprint density at radius 2 is 2.02 bits per heavy atom. The summed E-state index contributed by atoms with van der Waals surface area (Å²) < 4.78 is 17.2. The van der Waals surface area contributed by atoms with Crippen LogP contribution in [-0.2, 0) is 10.3 Å². The molecule has 3 heterocycles. The third-order valence-electron chi connectivity index (χ3n) is 7.42. The van der Waals surface area contributed by atoms with Crippen LogP contribution in [-0.4, -0.2) is 72.9 Å². The minimum Gasteiger partial charge on any atom is -0.495 e. The first-order valence-corrected chi connectivity index (χ1v) is 13.8. The lowest BCUT2D eigenvalue weighted by molar-refractivity contribution is 0.0937. The Kier molecular flexibility index (Phi) is 8.18. The van der Waals surface area contributed by atoms with Gasteiger partial charge in [-0.05, 0) is 57.1 Å². The predicted molar refractivity (Wildman–Crippen MR) is 160 cm³/mol. The molecule has 0 unspecified atom stereocenters. The van der Waals surface area contributed by atoms with E-state index >= 15 is 0 Å². The van der Waals surface area contributed by atoms with Gasteiger partial charge in [-0.2, -0.15) is 4.98 Å². The van der Waals surface area contributed by atoms with E-state index in [2.05, 4.69) is 30.5 Å². The van der Waals surface area contributed by atoms with Gasteiger partial charge in [-0.15, -0.1) is 0 Å². The molecule has 0 radical (unpaired) electrons. The van der Waals surface area contributed by atoms with E-state index in [1.807, 2.05) is 40.0 Å². The van der Waals surface area contributed by atoms with Crippen molar-refractivity contribution in [2.75, 3.05) is 39.7 Å². The van der Waals surface area contributed by atoms with Gasteiger partial charge >= 0.3 is 0 Å². The summed E-state index contributed by atoms with van der Waals surface area (Å²) in [4.78, 5) is 41.2. The number of halogens is 1. The quantitative estimate of drug-likeness (QED) is 0.394. The van der Waals surface area contributed by atoms with Crippen LogP contribution in [0.2, 0.25) is 5.02 Å². The molecule has 5 rings (SSSR count). The van der Waals surface area contributed by atoms with E-state index in [4.69, 9.17) is 25.8 Å². The number of benzene rings is 2. The van der Waals surface area contributed by atoms with Crippen LogP contribution >= 0.6 is 11.6 Å². The van der Waals surface area contributed by atoms with Gasteiger partial charge in [0.1, 0.15) is 22.6 Å². The molecule has 2 aliphatic rings. The molecule has 2 aromatic carbocycles. The van der Waals surface area contributed by atoms with E-state index in [0.29, 0.717) is 46.8 Å². The van der Waals surface area contributed by atoms with E-state index in [1.165, 1.54) is 13.3 Å². The number of piperidine rings is 1. The van der Waals surface area contributed by atoms with Crippen LogP contribution in [0.25, 0.3) is 0 Å². The number of hydrogen-bond acceptors (Lipinski definition) is 9. The molecule has 1 aromatic heterocycles. The third-order valence-corrected chi connectivity index (χ3v) is 7.68. The van der Waals surface area contributed by atoms with Gasteiger partial charge in [-0.3, -0.25) is 9.59 Å². The van der Waals surface area contributed by atoms with Gasteiger partial charge in [-0.1, -0.05) is 23.7 Å². The lowest BCUT2D eigenvalue weighted by Gasteiger charge is -2.30. The molecule has 12 heteroatoms. The van der Waals surface area contributed by atoms with Crippen LogP contribution in [0.3, 0.4) is 0 Å². The summed E-state index contributed by atoms with van der Waals surface area (Å²) in [5, 5.41) is 6.24. The highest BCUT2D eigenvalue weighted by molar-refractivity contribution is 6.31. The molecule has 1 fully saturated rings. The summed E-state index contributed by atoms with van der Waals surface area (Å²) >= 11 is 6.38. The van der Waals surface area contributed by atoms with Gasteiger partial charge in [0.25, 0.3) is 11.8 Å². The van der Waals surface area contributed by atoms with Crippen molar-refractivity contribution < 1.29 is 23.8 Å². The molecule has 2 aliphatic heterocycles. The molecule has 3 aromatic rings. The number of likely N-dealkylation sites (tertiary alicyclic amines) is 1. The van der Waals surface area contributed by atoms with Crippen molar-refractivity contribution in [1.29, 1.82) is 0 Å². The van der Waals surface area contributed by atoms with Crippen LogP contribution in [0, 0.1) is 6.92 Å². The number of amides is 2. The Bertz CT molecular complexity index is 1590. The minimum atomic E-state index is -0.527. The largest absolute Gasteiger partial charge is 0.495 e. The average Bonchev–Trinajstić information content (AvgIpc) is 3.19. The van der Waals surface area contributed by atoms with Crippen molar-refractivity contribution >= 4 is 40.8 Å². The predicted octanol–water partition coefficient (Wildman–Crippen LogP) is 4.89. The number of methoxy groups -OCH3 is 2. The molecule has 220 valence electrons. The molecule has 0 saturated carbocycles. The SMILES string of the molecule is COc1cc(C(=O)/N=C2/CCN(C)C[C@H]2OC)c(C)cc1Nc1ncc(Cl)c(Oc2cccc3c2C(=O)NC3(C)C)n1. The topological polar surface area (TPSA) is 127 Å². The average molecular weight is 593 g/mol. The van der Waals surface area contributed by atoms with Crippen LogP contribution in [0.1, 0.15) is 52.1 Å². The maximum Gasteiger partial charge on any atom is 0.277 e. The van der Waals surface area contributed by atoms with Gasteiger partial charge < -0.3 is 29.7 Å². The highest BCUT2D eigenvalue weighted by Crippen LogP contribution is 2.39. The van der Waals surface area contributed by atoms with E-state index in [0.717, 1.165) is 17.8 Å². The van der Waals surface area contributed by atoms with Crippen molar-refractivity contribution in [3.05, 3.63) is 63.8 Å². The summed E-state index contributed by atoms with van der Waals surface area (Å²) in [5.41, 5.74) is 3.09. The number of nitrogens with one attached hydrogen (secondary N) is 2. The number of fused-ring (bicyclic) bond motifs is 1. The second kappa shape index (κ2) is 11.7. The fourth-order valence-electron chi connectivity index (χ4n) is 5.15. The van der Waals surface area contributed by atoms with Gasteiger partial charge in [0.2, 0.25) is 11.8 Å². The summed E-state index contributed by atoms with van der Waals surface area (Å²) in [5.74, 6) is 0.391. The molecule has 42 heavy (non-hydrogen) atoms. The fraction of sp³-hybridized carbons (Fsp3) is 0.367. The monoisotopic (exact) mass is 592 g/mol. The van der Waals surface area contributed by atoms with E-state index < -0.39 is 5.54 Å². The first kappa shape index (κ1) is 29.4. The van der Waals surface area contributed by atoms with Crippen LogP contribution < -0.4 is 20.1 Å². The van der Waals surface area contributed by atoms with Crippen molar-refractivity contribution in [3.63, 3.8) is 0 Å². The number of aromatic nitrogens is 2. The molecule has 11 nitrogen and oxygen atoms in total. The molecule has 2 amide bonds. The Balaban J connectivity index is 1.40. The molecule has 2 N–H and O–H groups in total. The van der Waals surface area contributed by atoms with Crippen molar-refractivity contribution in [1.82, 2.24) is 20.2 Å². The zero-order valence-electron chi connectivity index (χ0n) is 24.4. The van der Waals surface area contributed by atoms with Crippen molar-refractivity contribution in [2.45, 2.75) is 38.8 Å². The second-order valence-corrected chi connectivity index (χ2v) is 11.3. The van der Waals surface area contributed by atoms with Gasteiger partial charge in [0.05, 0.1) is 35.8 Å². The fourth-order valence-corrected chi connectivity index (χ4v) is 5.28. The number of ether oxygens (including phenoxy) is 3. The van der Waals surface area contributed by atoms with E-state index in [9.17, 15) is 9.59 Å². The van der Waals surface area contributed by atoms with Crippen molar-refractivity contribution in [2.24, 2.45) is 4.99 Å². The van der Waals surface area contributed by atoms with Crippen molar-refractivity contribution in [3.8, 4) is 17.4 Å². The van der Waals surface area contributed by atoms with Gasteiger partial charge in [0.15, 0.2) is 0 Å². The molecule has 0 bridgehead atoms. The highest BCUT2D eigenvalue weighted by Gasteiger charge is 2.37. The van der Waals surface area contributed by atoms with E-state index in [1.54, 1.807) is 25.3 Å². The smallest absolute Gasteiger partial charge is 0.277 e. The Labute approximate surface area is 249 Å². The molecule has 0 aliphatic carbocycles. The van der Waals surface area contributed by atoms with Gasteiger partial charge in [-0.25, -0.2) is 9.98 Å². The molecule has 1 atom stereocenters. The van der Waals surface area contributed by atoms with E-state index in [-0.39, 0.29) is 34.8 Å². The minimum absolute atomic E-state index is 0.0733. The third kappa shape index (κ3) is 5.80. The number of aliphatic imine (C=N–C) groups is 1. The molecular weight excluding hydrogens is 560 g/mol.